The molecule has 0 aliphatic heterocycles. The number of anilines is 1. The van der Waals surface area contributed by atoms with E-state index in [-0.39, 0.29) is 5.92 Å². The first kappa shape index (κ1) is 15.1. The summed E-state index contributed by atoms with van der Waals surface area (Å²) in [5, 5.41) is 16.7. The van der Waals surface area contributed by atoms with Crippen LogP contribution >= 0.6 is 15.9 Å². The molecule has 2 N–H and O–H groups in total. The number of rotatable bonds is 5. The predicted molar refractivity (Wildman–Crippen MR) is 88.7 cm³/mol. The van der Waals surface area contributed by atoms with Crippen LogP contribution in [0.25, 0.3) is 0 Å². The number of nitrogens with zero attached hydrogens (tertiary/aromatic N) is 2. The molecule has 1 fully saturated rings. The molecule has 1 aliphatic carbocycles. The van der Waals surface area contributed by atoms with Crippen LogP contribution in [0.4, 0.5) is 10.6 Å². The number of halogens is 1. The number of hydrogen-bond donors (Lipinski definition) is 2. The molecule has 1 aromatic carbocycles. The number of aromatic nitrogens is 2. The molecule has 5 nitrogen and oxygen atoms in total. The second-order valence-corrected chi connectivity index (χ2v) is 6.67. The summed E-state index contributed by atoms with van der Waals surface area (Å²) >= 11 is 3.43. The highest BCUT2D eigenvalue weighted by atomic mass is 79.9. The van der Waals surface area contributed by atoms with E-state index in [4.69, 9.17) is 0 Å². The Hall–Kier alpha value is -1.82. The molecule has 0 bridgehead atoms. The van der Waals surface area contributed by atoms with E-state index in [9.17, 15) is 9.90 Å². The van der Waals surface area contributed by atoms with Gasteiger partial charge >= 0.3 is 6.09 Å². The Kier molecular flexibility index (Phi) is 4.20. The maximum atomic E-state index is 11.3. The maximum absolute atomic E-state index is 11.3. The molecule has 1 aromatic heterocycles. The van der Waals surface area contributed by atoms with E-state index in [1.54, 1.807) is 0 Å². The minimum Gasteiger partial charge on any atom is -0.463 e. The third-order valence-electron chi connectivity index (χ3n) is 3.93. The van der Waals surface area contributed by atoms with Crippen molar-refractivity contribution >= 4 is 27.8 Å². The molecule has 0 spiro atoms. The minimum absolute atomic E-state index is 0.273. The lowest BCUT2D eigenvalue weighted by molar-refractivity contribution is 0.193. The molecule has 0 radical (unpaired) electrons. The van der Waals surface area contributed by atoms with Gasteiger partial charge in [0, 0.05) is 23.0 Å². The third-order valence-corrected chi connectivity index (χ3v) is 4.46. The molecule has 1 heterocycles. The molecule has 1 aliphatic rings. The summed E-state index contributed by atoms with van der Waals surface area (Å²) in [6, 6.07) is 10.0. The van der Waals surface area contributed by atoms with Gasteiger partial charge in [0.05, 0.1) is 5.69 Å². The van der Waals surface area contributed by atoms with Crippen molar-refractivity contribution in [1.29, 1.82) is 0 Å². The van der Waals surface area contributed by atoms with Crippen molar-refractivity contribution in [2.45, 2.75) is 31.6 Å². The van der Waals surface area contributed by atoms with Gasteiger partial charge in [-0.2, -0.15) is 5.10 Å². The van der Waals surface area contributed by atoms with Crippen molar-refractivity contribution in [3.63, 3.8) is 0 Å². The van der Waals surface area contributed by atoms with Crippen LogP contribution in [-0.4, -0.2) is 27.5 Å². The molecule has 22 heavy (non-hydrogen) atoms. The lowest BCUT2D eigenvalue weighted by Gasteiger charge is -2.14. The summed E-state index contributed by atoms with van der Waals surface area (Å²) in [5.41, 5.74) is 2.08. The fourth-order valence-corrected chi connectivity index (χ4v) is 2.68. The fraction of sp³-hybridized carbons (Fsp3) is 0.375. The molecular weight excluding hydrogens is 346 g/mol. The van der Waals surface area contributed by atoms with E-state index in [0.717, 1.165) is 27.7 Å². The molecule has 3 rings (SSSR count). The SMILES string of the molecule is CC(CNc1cc(C2CC2)nn1C(=O)O)c1ccc(Br)cc1. The van der Waals surface area contributed by atoms with Gasteiger partial charge in [-0.25, -0.2) is 4.79 Å². The van der Waals surface area contributed by atoms with Gasteiger partial charge in [0.15, 0.2) is 0 Å². The summed E-state index contributed by atoms with van der Waals surface area (Å²) in [6.45, 7) is 2.77. The summed E-state index contributed by atoms with van der Waals surface area (Å²) in [6.07, 6.45) is 1.15. The highest BCUT2D eigenvalue weighted by molar-refractivity contribution is 9.10. The van der Waals surface area contributed by atoms with Crippen molar-refractivity contribution in [2.24, 2.45) is 0 Å². The van der Waals surface area contributed by atoms with Crippen LogP contribution < -0.4 is 5.32 Å². The van der Waals surface area contributed by atoms with Crippen LogP contribution in [0.5, 0.6) is 0 Å². The first-order valence-corrected chi connectivity index (χ1v) is 8.16. The number of carbonyl (C=O) groups is 1. The van der Waals surface area contributed by atoms with Crippen molar-refractivity contribution < 1.29 is 9.90 Å². The average molecular weight is 364 g/mol. The first-order valence-electron chi connectivity index (χ1n) is 7.37. The van der Waals surface area contributed by atoms with Crippen molar-refractivity contribution in [3.05, 3.63) is 46.1 Å². The van der Waals surface area contributed by atoms with Crippen LogP contribution in [-0.2, 0) is 0 Å². The van der Waals surface area contributed by atoms with E-state index in [1.807, 2.05) is 18.2 Å². The zero-order valence-electron chi connectivity index (χ0n) is 12.3. The van der Waals surface area contributed by atoms with E-state index >= 15 is 0 Å². The molecule has 1 atom stereocenters. The van der Waals surface area contributed by atoms with Gasteiger partial charge in [0.25, 0.3) is 0 Å². The normalized spacial score (nSPS) is 15.5. The Bertz CT molecular complexity index is 677. The van der Waals surface area contributed by atoms with Gasteiger partial charge in [0.1, 0.15) is 5.82 Å². The van der Waals surface area contributed by atoms with Gasteiger partial charge in [-0.1, -0.05) is 35.0 Å². The van der Waals surface area contributed by atoms with Crippen LogP contribution in [0.3, 0.4) is 0 Å². The van der Waals surface area contributed by atoms with E-state index in [2.05, 4.69) is 45.4 Å². The Morgan fingerprint density at radius 2 is 2.14 bits per heavy atom. The van der Waals surface area contributed by atoms with Gasteiger partial charge in [-0.3, -0.25) is 0 Å². The quantitative estimate of drug-likeness (QED) is 0.832. The monoisotopic (exact) mass is 363 g/mol. The molecule has 2 aromatic rings. The lowest BCUT2D eigenvalue weighted by Crippen LogP contribution is -2.17. The number of hydrogen-bond acceptors (Lipinski definition) is 3. The highest BCUT2D eigenvalue weighted by Gasteiger charge is 2.28. The van der Waals surface area contributed by atoms with E-state index < -0.39 is 6.09 Å². The van der Waals surface area contributed by atoms with Crippen molar-refractivity contribution in [3.8, 4) is 0 Å². The molecule has 0 saturated heterocycles. The molecule has 1 saturated carbocycles. The van der Waals surface area contributed by atoms with Crippen LogP contribution in [0, 0.1) is 0 Å². The standard InChI is InChI=1S/C16H18BrN3O2/c1-10(11-4-6-13(17)7-5-11)9-18-15-8-14(12-2-3-12)19-20(15)16(21)22/h4-8,10,12,18H,2-3,9H2,1H3,(H,21,22). The number of carboxylic acid groups (broad SMARTS) is 1. The highest BCUT2D eigenvalue weighted by Crippen LogP contribution is 2.40. The zero-order valence-corrected chi connectivity index (χ0v) is 13.9. The maximum Gasteiger partial charge on any atom is 0.434 e. The topological polar surface area (TPSA) is 67.2 Å². The number of benzene rings is 1. The second kappa shape index (κ2) is 6.12. The fourth-order valence-electron chi connectivity index (χ4n) is 2.42. The minimum atomic E-state index is -1.05. The van der Waals surface area contributed by atoms with Gasteiger partial charge in [-0.05, 0) is 36.5 Å². The first-order chi connectivity index (χ1) is 10.5. The summed E-state index contributed by atoms with van der Waals surface area (Å²) in [5.74, 6) is 1.26. The molecule has 1 unspecified atom stereocenters. The largest absolute Gasteiger partial charge is 0.463 e. The van der Waals surface area contributed by atoms with E-state index in [0.29, 0.717) is 18.3 Å². The van der Waals surface area contributed by atoms with Gasteiger partial charge in [-0.15, -0.1) is 4.68 Å². The Morgan fingerprint density at radius 3 is 2.73 bits per heavy atom. The summed E-state index contributed by atoms with van der Waals surface area (Å²) < 4.78 is 2.09. The predicted octanol–water partition coefficient (Wildman–Crippen LogP) is 4.26. The van der Waals surface area contributed by atoms with Crippen molar-refractivity contribution in [1.82, 2.24) is 9.78 Å². The summed E-state index contributed by atoms with van der Waals surface area (Å²) in [4.78, 5) is 11.3. The molecule has 0 amide bonds. The van der Waals surface area contributed by atoms with Gasteiger partial charge in [0.2, 0.25) is 0 Å². The van der Waals surface area contributed by atoms with Crippen molar-refractivity contribution in [2.75, 3.05) is 11.9 Å². The lowest BCUT2D eigenvalue weighted by atomic mass is 10.0. The number of nitrogens with one attached hydrogen (secondary N) is 1. The molecular formula is C16H18BrN3O2. The smallest absolute Gasteiger partial charge is 0.434 e. The zero-order chi connectivity index (χ0) is 15.7. The second-order valence-electron chi connectivity index (χ2n) is 5.76. The Labute approximate surface area is 137 Å². The van der Waals surface area contributed by atoms with Gasteiger partial charge < -0.3 is 10.4 Å². The molecule has 6 heteroatoms. The third kappa shape index (κ3) is 3.32. The summed E-state index contributed by atoms with van der Waals surface area (Å²) in [7, 11) is 0. The van der Waals surface area contributed by atoms with Crippen LogP contribution in [0.1, 0.15) is 42.9 Å². The average Bonchev–Trinajstić information content (AvgIpc) is 3.25. The van der Waals surface area contributed by atoms with Crippen LogP contribution in [0.15, 0.2) is 34.8 Å². The van der Waals surface area contributed by atoms with Crippen LogP contribution in [0.2, 0.25) is 0 Å². The Balaban J connectivity index is 1.70. The molecule has 116 valence electrons. The Morgan fingerprint density at radius 1 is 1.45 bits per heavy atom. The van der Waals surface area contributed by atoms with E-state index in [1.165, 1.54) is 5.56 Å².